The minimum Gasteiger partial charge on any atom is -0.408 e. The smallest absolute Gasteiger partial charge is 0.327 e. The molecule has 30 heteroatoms. The molecule has 0 radical (unpaired) electrons. The summed E-state index contributed by atoms with van der Waals surface area (Å²) < 4.78 is 75.0. The molecule has 0 aliphatic carbocycles. The highest BCUT2D eigenvalue weighted by atomic mass is 32.5. The average Bonchev–Trinajstić information content (AvgIpc) is 4.07. The van der Waals surface area contributed by atoms with Crippen molar-refractivity contribution in [2.45, 2.75) is 108 Å². The van der Waals surface area contributed by atoms with Gasteiger partial charge in [0.25, 0.3) is 11.5 Å². The molecule has 6 heterocycles. The van der Waals surface area contributed by atoms with E-state index in [1.807, 2.05) is 39.9 Å². The van der Waals surface area contributed by atoms with Gasteiger partial charge in [0.2, 0.25) is 11.9 Å². The number of carbonyl (C=O) groups excluding carboxylic acids is 2. The molecule has 5 aromatic rings. The van der Waals surface area contributed by atoms with Crippen molar-refractivity contribution in [2.24, 2.45) is 5.92 Å². The van der Waals surface area contributed by atoms with Gasteiger partial charge >= 0.3 is 15.0 Å². The number of rotatable bonds is 19. The summed E-state index contributed by atoms with van der Waals surface area (Å²) in [6.07, 6.45) is -9.97. The topological polar surface area (TPSA) is 324 Å². The number of aliphatic hydroxyl groups excluding tert-OH is 1. The van der Waals surface area contributed by atoms with Gasteiger partial charge in [-0.2, -0.15) is 14.9 Å². The van der Waals surface area contributed by atoms with E-state index in [1.165, 1.54) is 10.9 Å². The summed E-state index contributed by atoms with van der Waals surface area (Å²) in [5.41, 5.74) is -0.666. The van der Waals surface area contributed by atoms with Gasteiger partial charge in [0.1, 0.15) is 36.8 Å². The van der Waals surface area contributed by atoms with Crippen LogP contribution < -0.4 is 16.2 Å². The summed E-state index contributed by atoms with van der Waals surface area (Å²) in [5, 5.41) is 32.7. The molecule has 69 heavy (non-hydrogen) atoms. The number of amides is 2. The van der Waals surface area contributed by atoms with Crippen molar-refractivity contribution in [1.29, 1.82) is 5.26 Å². The van der Waals surface area contributed by atoms with Crippen molar-refractivity contribution in [2.75, 3.05) is 30.5 Å². The predicted octanol–water partition coefficient (Wildman–Crippen LogP) is 4.04. The third-order valence-corrected chi connectivity index (χ3v) is 18.9. The molecule has 2 fully saturated rings. The first kappa shape index (κ1) is 52.0. The van der Waals surface area contributed by atoms with Gasteiger partial charge in [-0.05, 0) is 42.1 Å². The van der Waals surface area contributed by atoms with E-state index in [2.05, 4.69) is 45.9 Å². The van der Waals surface area contributed by atoms with E-state index in [-0.39, 0.29) is 47.1 Å². The molecule has 10 atom stereocenters. The van der Waals surface area contributed by atoms with Crippen LogP contribution in [0.2, 0.25) is 18.1 Å². The zero-order valence-corrected chi connectivity index (χ0v) is 41.9. The highest BCUT2D eigenvalue weighted by molar-refractivity contribution is 8.07. The number of fused-ring (bicyclic) bond motifs is 2. The maximum Gasteiger partial charge on any atom is 0.327 e. The second-order valence-electron chi connectivity index (χ2n) is 17.6. The van der Waals surface area contributed by atoms with Crippen LogP contribution in [0.1, 0.15) is 63.9 Å². The number of hydrogen-bond acceptors (Lipinski definition) is 20. The van der Waals surface area contributed by atoms with Gasteiger partial charge in [-0.1, -0.05) is 58.0 Å². The Balaban J connectivity index is 1.19. The molecule has 0 saturated carbocycles. The molecule has 7 rings (SSSR count). The molecule has 1 aromatic carbocycles. The summed E-state index contributed by atoms with van der Waals surface area (Å²) in [7, 11) is -6.59. The van der Waals surface area contributed by atoms with Crippen LogP contribution in [0.5, 0.6) is 0 Å². The average molecular weight is 1040 g/mol. The van der Waals surface area contributed by atoms with Crippen molar-refractivity contribution in [3.8, 4) is 6.07 Å². The van der Waals surface area contributed by atoms with E-state index in [0.29, 0.717) is 5.56 Å². The Labute approximate surface area is 399 Å². The van der Waals surface area contributed by atoms with E-state index in [0.717, 1.165) is 11.0 Å². The molecule has 4 aromatic heterocycles. The molecule has 0 bridgehead atoms. The normalized spacial score (nSPS) is 24.4. The lowest BCUT2D eigenvalue weighted by atomic mass is 10.1. The van der Waals surface area contributed by atoms with Gasteiger partial charge < -0.3 is 38.3 Å². The van der Waals surface area contributed by atoms with Crippen LogP contribution in [0.15, 0.2) is 47.8 Å². The fourth-order valence-corrected chi connectivity index (χ4v) is 10.9. The lowest BCUT2D eigenvalue weighted by Crippen LogP contribution is -2.50. The van der Waals surface area contributed by atoms with Crippen molar-refractivity contribution >= 4 is 81.0 Å². The van der Waals surface area contributed by atoms with E-state index in [4.69, 9.17) is 43.8 Å². The maximum atomic E-state index is 16.9. The van der Waals surface area contributed by atoms with Gasteiger partial charge in [-0.3, -0.25) is 42.9 Å². The number of H-pyrrole nitrogens is 1. The first-order valence-corrected chi connectivity index (χ1v) is 28.2. The summed E-state index contributed by atoms with van der Waals surface area (Å²) in [4.78, 5) is 68.4. The lowest BCUT2D eigenvalue weighted by molar-refractivity contribution is -0.118. The molecule has 2 saturated heterocycles. The zero-order valence-electron chi connectivity index (χ0n) is 38.2. The standard InChI is InChI=1S/C39H51FN12O13P2SSi/c1-20(2)33(54)47-38-46-32-26(35(56)48-38)44-19-51(32)37-29(63-66(57)58)28(65-69(6,7)39(3,4)5)23(62-37)17-60-67(68,59-15-11-14-41)64-27-22(16-53)61-36(24(27)40)52-31-25(49-50-52)30(42-18-43-31)45-34(55)21-12-9-8-10-13-21/h8-10,12-13,18-20,22-24,27-29,36-37,53,66H,11,15-17H2,1-7H3,(H,57,58)(H,42,43,45,55)(H2,46,47,48,54,56)/t22-,23-,24+,27-,28-,29+,36-,37-,67?/m1/s1. The number of halogens is 1. The second kappa shape index (κ2) is 21.2. The van der Waals surface area contributed by atoms with Crippen LogP contribution in [0.4, 0.5) is 16.2 Å². The van der Waals surface area contributed by atoms with E-state index < -0.39 is 114 Å². The van der Waals surface area contributed by atoms with Crippen LogP contribution in [-0.2, 0) is 53.2 Å². The number of nitrogens with one attached hydrogen (secondary N) is 3. The second-order valence-corrected chi connectivity index (χ2v) is 26.1. The number of alkyl halides is 1. The lowest BCUT2D eigenvalue weighted by Gasteiger charge is -2.40. The molecular formula is C39H51FN12O13P2SSi. The number of benzene rings is 1. The molecule has 0 spiro atoms. The largest absolute Gasteiger partial charge is 0.408 e. The molecule has 2 amide bonds. The number of carbonyl (C=O) groups is 2. The Morgan fingerprint density at radius 1 is 1.06 bits per heavy atom. The van der Waals surface area contributed by atoms with Crippen LogP contribution in [0.25, 0.3) is 22.3 Å². The summed E-state index contributed by atoms with van der Waals surface area (Å²) in [6.45, 7) is 7.15. The maximum absolute atomic E-state index is 16.9. The molecule has 2 unspecified atom stereocenters. The minimum atomic E-state index is -4.21. The van der Waals surface area contributed by atoms with Gasteiger partial charge in [-0.25, -0.2) is 19.3 Å². The molecular weight excluding hydrogens is 986 g/mol. The highest BCUT2D eigenvalue weighted by Crippen LogP contribution is 2.55. The Morgan fingerprint density at radius 2 is 1.78 bits per heavy atom. The van der Waals surface area contributed by atoms with Gasteiger partial charge in [0, 0.05) is 11.5 Å². The van der Waals surface area contributed by atoms with Gasteiger partial charge in [0.05, 0.1) is 38.6 Å². The quantitative estimate of drug-likeness (QED) is 0.0442. The number of anilines is 2. The van der Waals surface area contributed by atoms with Crippen LogP contribution >= 0.6 is 15.0 Å². The van der Waals surface area contributed by atoms with Crippen LogP contribution in [0, 0.1) is 17.2 Å². The van der Waals surface area contributed by atoms with Gasteiger partial charge in [0.15, 0.2) is 55.1 Å². The number of aromatic nitrogens is 9. The Morgan fingerprint density at radius 3 is 2.45 bits per heavy atom. The van der Waals surface area contributed by atoms with E-state index >= 15 is 4.39 Å². The number of aromatic amines is 1. The molecule has 2 aliphatic heterocycles. The van der Waals surface area contributed by atoms with E-state index in [1.54, 1.807) is 44.2 Å². The Hall–Kier alpha value is -4.85. The number of aliphatic hydroxyl groups is 1. The summed E-state index contributed by atoms with van der Waals surface area (Å²) in [6, 6.07) is 10.2. The van der Waals surface area contributed by atoms with Crippen molar-refractivity contribution in [3.05, 3.63) is 58.9 Å². The monoisotopic (exact) mass is 1040 g/mol. The Kier molecular flexibility index (Phi) is 16.0. The SMILES string of the molecule is CC(C)C(=O)Nc1nc2c(ncn2[C@@H]2O[C@H](COP(=S)(OCCC#N)O[C@H]3[C@H](F)[C@H](n4nnc5c(NC(=O)c6ccccc6)ncnc54)O[C@@H]3CO)[C@@H](O[Si](C)(C)C(C)(C)C)[C@@H]2O[PH](=O)O)c(=O)[nH]1. The minimum absolute atomic E-state index is 0.00142. The third-order valence-electron chi connectivity index (χ3n) is 11.6. The first-order chi connectivity index (χ1) is 32.6. The van der Waals surface area contributed by atoms with Crippen LogP contribution in [-0.4, -0.2) is 131 Å². The van der Waals surface area contributed by atoms with Crippen molar-refractivity contribution in [3.63, 3.8) is 0 Å². The number of imidazole rings is 1. The predicted molar refractivity (Wildman–Crippen MR) is 248 cm³/mol. The van der Waals surface area contributed by atoms with Crippen molar-refractivity contribution < 1.29 is 60.5 Å². The molecule has 372 valence electrons. The fourth-order valence-electron chi connectivity index (χ4n) is 6.98. The highest BCUT2D eigenvalue weighted by Gasteiger charge is 2.54. The third kappa shape index (κ3) is 11.4. The zero-order chi connectivity index (χ0) is 50.0. The molecule has 2 aliphatic rings. The number of nitriles is 1. The first-order valence-electron chi connectivity index (χ1n) is 21.4. The summed E-state index contributed by atoms with van der Waals surface area (Å²) >= 11 is 5.85. The van der Waals surface area contributed by atoms with Crippen molar-refractivity contribution in [1.82, 2.24) is 44.5 Å². The van der Waals surface area contributed by atoms with Crippen LogP contribution in [0.3, 0.4) is 0 Å². The fraction of sp³-hybridized carbons (Fsp3) is 0.538. The number of nitrogens with zero attached hydrogens (tertiary/aromatic N) is 9. The number of ether oxygens (including phenoxy) is 2. The Bertz CT molecular complexity index is 2850. The summed E-state index contributed by atoms with van der Waals surface area (Å²) in [5.74, 6) is -1.64. The van der Waals surface area contributed by atoms with Gasteiger partial charge in [-0.15, -0.1) is 5.10 Å². The number of hydrogen-bond donors (Lipinski definition) is 5. The molecule has 5 N–H and O–H groups in total. The molecule has 25 nitrogen and oxygen atoms in total. The van der Waals surface area contributed by atoms with E-state index in [9.17, 15) is 34.2 Å².